The number of hydrogen-bond acceptors (Lipinski definition) is 1. The molecule has 0 aromatic heterocycles. The van der Waals surface area contributed by atoms with E-state index in [1.54, 1.807) is 0 Å². The van der Waals surface area contributed by atoms with Gasteiger partial charge in [-0.2, -0.15) is 0 Å². The van der Waals surface area contributed by atoms with Crippen LogP contribution in [0.5, 0.6) is 0 Å². The van der Waals surface area contributed by atoms with Crippen molar-refractivity contribution in [3.8, 4) is 0 Å². The van der Waals surface area contributed by atoms with Gasteiger partial charge >= 0.3 is 0 Å². The summed E-state index contributed by atoms with van der Waals surface area (Å²) in [5, 5.41) is 0.798. The highest BCUT2D eigenvalue weighted by Crippen LogP contribution is 2.23. The van der Waals surface area contributed by atoms with Gasteiger partial charge in [-0.1, -0.05) is 60.1 Å². The third kappa shape index (κ3) is 3.30. The predicted octanol–water partition coefficient (Wildman–Crippen LogP) is 4.63. The maximum absolute atomic E-state index is 5.96. The van der Waals surface area contributed by atoms with E-state index in [0.717, 1.165) is 31.1 Å². The molecule has 20 heavy (non-hydrogen) atoms. The van der Waals surface area contributed by atoms with Crippen LogP contribution >= 0.6 is 11.6 Å². The highest BCUT2D eigenvalue weighted by Gasteiger charge is 2.14. The summed E-state index contributed by atoms with van der Waals surface area (Å²) in [4.78, 5) is 2.50. The molecular formula is C18H18ClN. The van der Waals surface area contributed by atoms with Gasteiger partial charge in [0, 0.05) is 24.7 Å². The summed E-state index contributed by atoms with van der Waals surface area (Å²) < 4.78 is 0. The third-order valence-corrected chi connectivity index (χ3v) is 3.95. The lowest BCUT2D eigenvalue weighted by atomic mass is 10.0. The van der Waals surface area contributed by atoms with Crippen molar-refractivity contribution < 1.29 is 0 Å². The Morgan fingerprint density at radius 3 is 2.45 bits per heavy atom. The van der Waals surface area contributed by atoms with Gasteiger partial charge in [-0.25, -0.2) is 0 Å². The van der Waals surface area contributed by atoms with E-state index >= 15 is 0 Å². The Kier molecular flexibility index (Phi) is 4.19. The van der Waals surface area contributed by atoms with E-state index in [0.29, 0.717) is 0 Å². The average Bonchev–Trinajstić information content (AvgIpc) is 2.49. The SMILES string of the molecule is Clc1ccc(C2=CCCN(Cc3ccccc3)C2)cc1. The first kappa shape index (κ1) is 13.4. The summed E-state index contributed by atoms with van der Waals surface area (Å²) in [5.74, 6) is 0. The summed E-state index contributed by atoms with van der Waals surface area (Å²) in [6.45, 7) is 3.16. The zero-order valence-electron chi connectivity index (χ0n) is 11.4. The molecule has 0 saturated carbocycles. The molecule has 0 amide bonds. The van der Waals surface area contributed by atoms with Crippen LogP contribution in [0.4, 0.5) is 0 Å². The molecule has 102 valence electrons. The molecule has 0 spiro atoms. The highest BCUT2D eigenvalue weighted by molar-refractivity contribution is 6.30. The quantitative estimate of drug-likeness (QED) is 0.794. The lowest BCUT2D eigenvalue weighted by Crippen LogP contribution is -2.28. The van der Waals surface area contributed by atoms with Gasteiger partial charge in [-0.3, -0.25) is 4.90 Å². The molecule has 0 N–H and O–H groups in total. The van der Waals surface area contributed by atoms with Crippen molar-refractivity contribution in [1.82, 2.24) is 4.90 Å². The van der Waals surface area contributed by atoms with Gasteiger partial charge in [-0.15, -0.1) is 0 Å². The fraction of sp³-hybridized carbons (Fsp3) is 0.222. The second-order valence-electron chi connectivity index (χ2n) is 5.22. The minimum Gasteiger partial charge on any atom is -0.295 e. The number of hydrogen-bond donors (Lipinski definition) is 0. The smallest absolute Gasteiger partial charge is 0.0406 e. The Morgan fingerprint density at radius 2 is 1.70 bits per heavy atom. The number of halogens is 1. The van der Waals surface area contributed by atoms with Crippen molar-refractivity contribution >= 4 is 17.2 Å². The van der Waals surface area contributed by atoms with Gasteiger partial charge in [0.1, 0.15) is 0 Å². The normalized spacial score (nSPS) is 15.9. The summed E-state index contributed by atoms with van der Waals surface area (Å²) in [6, 6.07) is 18.8. The van der Waals surface area contributed by atoms with Crippen molar-refractivity contribution in [1.29, 1.82) is 0 Å². The van der Waals surface area contributed by atoms with E-state index in [1.807, 2.05) is 12.1 Å². The van der Waals surface area contributed by atoms with Crippen LogP contribution in [0.15, 0.2) is 60.7 Å². The second-order valence-corrected chi connectivity index (χ2v) is 5.66. The molecule has 1 aliphatic rings. The molecule has 0 bridgehead atoms. The van der Waals surface area contributed by atoms with Crippen LogP contribution in [-0.2, 0) is 6.54 Å². The molecule has 1 aliphatic heterocycles. The largest absolute Gasteiger partial charge is 0.295 e. The Labute approximate surface area is 125 Å². The number of benzene rings is 2. The number of nitrogens with zero attached hydrogens (tertiary/aromatic N) is 1. The third-order valence-electron chi connectivity index (χ3n) is 3.69. The molecule has 2 heteroatoms. The Hall–Kier alpha value is -1.57. The Balaban J connectivity index is 1.70. The van der Waals surface area contributed by atoms with Gasteiger partial charge in [0.05, 0.1) is 0 Å². The van der Waals surface area contributed by atoms with Crippen LogP contribution < -0.4 is 0 Å². The molecule has 2 aromatic rings. The Bertz CT molecular complexity index is 587. The summed E-state index contributed by atoms with van der Waals surface area (Å²) >= 11 is 5.96. The first-order valence-corrected chi connectivity index (χ1v) is 7.40. The maximum atomic E-state index is 5.96. The summed E-state index contributed by atoms with van der Waals surface area (Å²) in [5.41, 5.74) is 4.07. The average molecular weight is 284 g/mol. The molecule has 1 nitrogen and oxygen atoms in total. The fourth-order valence-electron chi connectivity index (χ4n) is 2.66. The van der Waals surface area contributed by atoms with Crippen LogP contribution in [0, 0.1) is 0 Å². The van der Waals surface area contributed by atoms with Crippen molar-refractivity contribution in [3.05, 3.63) is 76.8 Å². The predicted molar refractivity (Wildman–Crippen MR) is 85.8 cm³/mol. The van der Waals surface area contributed by atoms with Crippen LogP contribution in [0.25, 0.3) is 5.57 Å². The van der Waals surface area contributed by atoms with Gasteiger partial charge in [0.2, 0.25) is 0 Å². The maximum Gasteiger partial charge on any atom is 0.0406 e. The molecule has 2 aromatic carbocycles. The zero-order chi connectivity index (χ0) is 13.8. The van der Waals surface area contributed by atoms with Crippen molar-refractivity contribution in [2.75, 3.05) is 13.1 Å². The first-order valence-electron chi connectivity index (χ1n) is 7.02. The summed E-state index contributed by atoms with van der Waals surface area (Å²) in [6.07, 6.45) is 3.47. The molecule has 0 unspecified atom stereocenters. The van der Waals surface area contributed by atoms with Gasteiger partial charge < -0.3 is 0 Å². The molecule has 0 radical (unpaired) electrons. The van der Waals surface area contributed by atoms with E-state index in [-0.39, 0.29) is 0 Å². The van der Waals surface area contributed by atoms with E-state index in [2.05, 4.69) is 53.4 Å². The zero-order valence-corrected chi connectivity index (χ0v) is 12.2. The molecule has 3 rings (SSSR count). The standard InChI is InChI=1S/C18H18ClN/c19-18-10-8-16(9-11-18)17-7-4-12-20(14-17)13-15-5-2-1-3-6-15/h1-3,5-11H,4,12-14H2. The molecule has 0 fully saturated rings. The molecular weight excluding hydrogens is 266 g/mol. The minimum absolute atomic E-state index is 0.798. The van der Waals surface area contributed by atoms with Crippen molar-refractivity contribution in [3.63, 3.8) is 0 Å². The van der Waals surface area contributed by atoms with Crippen molar-refractivity contribution in [2.24, 2.45) is 0 Å². The van der Waals surface area contributed by atoms with Gasteiger partial charge in [-0.05, 0) is 35.3 Å². The second kappa shape index (κ2) is 6.25. The van der Waals surface area contributed by atoms with E-state index in [4.69, 9.17) is 11.6 Å². The van der Waals surface area contributed by atoms with Crippen molar-refractivity contribution in [2.45, 2.75) is 13.0 Å². The molecule has 1 heterocycles. The first-order chi connectivity index (χ1) is 9.81. The Morgan fingerprint density at radius 1 is 0.950 bits per heavy atom. The molecule has 0 atom stereocenters. The molecule has 0 aliphatic carbocycles. The minimum atomic E-state index is 0.798. The monoisotopic (exact) mass is 283 g/mol. The van der Waals surface area contributed by atoms with Crippen LogP contribution in [0.1, 0.15) is 17.5 Å². The highest BCUT2D eigenvalue weighted by atomic mass is 35.5. The van der Waals surface area contributed by atoms with Crippen LogP contribution in [0.3, 0.4) is 0 Å². The lowest BCUT2D eigenvalue weighted by Gasteiger charge is -2.27. The summed E-state index contributed by atoms with van der Waals surface area (Å²) in [7, 11) is 0. The van der Waals surface area contributed by atoms with E-state index in [9.17, 15) is 0 Å². The van der Waals surface area contributed by atoms with E-state index < -0.39 is 0 Å². The van der Waals surface area contributed by atoms with E-state index in [1.165, 1.54) is 16.7 Å². The fourth-order valence-corrected chi connectivity index (χ4v) is 2.78. The van der Waals surface area contributed by atoms with Gasteiger partial charge in [0.25, 0.3) is 0 Å². The van der Waals surface area contributed by atoms with Gasteiger partial charge in [0.15, 0.2) is 0 Å². The van der Waals surface area contributed by atoms with Crippen LogP contribution in [-0.4, -0.2) is 18.0 Å². The van der Waals surface area contributed by atoms with Crippen LogP contribution in [0.2, 0.25) is 5.02 Å². The number of rotatable bonds is 3. The lowest BCUT2D eigenvalue weighted by molar-refractivity contribution is 0.296. The topological polar surface area (TPSA) is 3.24 Å². The molecule has 0 saturated heterocycles.